The lowest BCUT2D eigenvalue weighted by Crippen LogP contribution is -2.17. The zero-order valence-electron chi connectivity index (χ0n) is 8.53. The molecule has 1 atom stereocenters. The summed E-state index contributed by atoms with van der Waals surface area (Å²) in [5, 5.41) is 0.160. The van der Waals surface area contributed by atoms with Gasteiger partial charge in [0.2, 0.25) is 0 Å². The first kappa shape index (κ1) is 12.4. The minimum absolute atomic E-state index is 0.160. The molecule has 0 bridgehead atoms. The van der Waals surface area contributed by atoms with Gasteiger partial charge in [0, 0.05) is 9.35 Å². The smallest absolute Gasteiger partial charge is 0.0843 e. The van der Waals surface area contributed by atoms with Gasteiger partial charge in [0.15, 0.2) is 0 Å². The monoisotopic (exact) mass is 370 g/mol. The minimum Gasteiger partial charge on any atom is -0.130 e. The molecule has 0 N–H and O–H groups in total. The summed E-state index contributed by atoms with van der Waals surface area (Å²) in [4.78, 5) is 1.28. The molecule has 1 aliphatic rings. The second-order valence-electron chi connectivity index (χ2n) is 4.49. The molecule has 1 heterocycles. The molecule has 84 valence electrons. The summed E-state index contributed by atoms with van der Waals surface area (Å²) in [5.74, 6) is 0. The molecule has 0 saturated heterocycles. The van der Waals surface area contributed by atoms with E-state index in [-0.39, 0.29) is 5.38 Å². The molecule has 0 nitrogen and oxygen atoms in total. The molecule has 0 spiro atoms. The van der Waals surface area contributed by atoms with E-state index in [4.69, 9.17) is 11.6 Å². The highest BCUT2D eigenvalue weighted by Gasteiger charge is 2.37. The van der Waals surface area contributed by atoms with Gasteiger partial charge in [0.05, 0.1) is 9.16 Å². The van der Waals surface area contributed by atoms with Gasteiger partial charge in [-0.2, -0.15) is 0 Å². The maximum atomic E-state index is 6.61. The average molecular weight is 373 g/mol. The lowest BCUT2D eigenvalue weighted by atomic mass is 9.84. The van der Waals surface area contributed by atoms with E-state index in [0.29, 0.717) is 5.41 Å². The van der Waals surface area contributed by atoms with E-state index >= 15 is 0 Å². The molecular formula is C11H13Br2ClS. The zero-order valence-corrected chi connectivity index (χ0v) is 13.3. The van der Waals surface area contributed by atoms with Gasteiger partial charge < -0.3 is 0 Å². The van der Waals surface area contributed by atoms with Gasteiger partial charge in [-0.15, -0.1) is 22.9 Å². The first-order valence-electron chi connectivity index (χ1n) is 5.12. The van der Waals surface area contributed by atoms with Crippen LogP contribution in [0.2, 0.25) is 0 Å². The summed E-state index contributed by atoms with van der Waals surface area (Å²) in [7, 11) is 0. The largest absolute Gasteiger partial charge is 0.130 e. The maximum absolute atomic E-state index is 6.61. The van der Waals surface area contributed by atoms with E-state index in [1.54, 1.807) is 11.3 Å². The number of hydrogen-bond donors (Lipinski definition) is 0. The molecule has 1 saturated carbocycles. The van der Waals surface area contributed by atoms with Crippen molar-refractivity contribution >= 4 is 54.8 Å². The van der Waals surface area contributed by atoms with Gasteiger partial charge in [0.25, 0.3) is 0 Å². The van der Waals surface area contributed by atoms with Crippen molar-refractivity contribution < 1.29 is 0 Å². The molecule has 1 unspecified atom stereocenters. The van der Waals surface area contributed by atoms with Crippen LogP contribution in [-0.2, 0) is 0 Å². The predicted octanol–water partition coefficient (Wildman–Crippen LogP) is 6.13. The highest BCUT2D eigenvalue weighted by molar-refractivity contribution is 9.13. The number of thiophene rings is 1. The van der Waals surface area contributed by atoms with Crippen LogP contribution in [0.15, 0.2) is 14.3 Å². The third-order valence-corrected chi connectivity index (χ3v) is 7.48. The standard InChI is InChI=1S/C11H13Br2ClS/c1-11(4-2-3-5-11)9(14)8-6-7(12)10(13)15-8/h6,9H,2-5H2,1H3. The van der Waals surface area contributed by atoms with Gasteiger partial charge in [-0.05, 0) is 56.2 Å². The first-order chi connectivity index (χ1) is 7.03. The number of halogens is 3. The Morgan fingerprint density at radius 2 is 2.00 bits per heavy atom. The highest BCUT2D eigenvalue weighted by Crippen LogP contribution is 2.53. The molecule has 15 heavy (non-hydrogen) atoms. The molecule has 1 fully saturated rings. The van der Waals surface area contributed by atoms with E-state index in [1.165, 1.54) is 30.6 Å². The van der Waals surface area contributed by atoms with Gasteiger partial charge in [0.1, 0.15) is 0 Å². The van der Waals surface area contributed by atoms with Crippen LogP contribution in [0.4, 0.5) is 0 Å². The Morgan fingerprint density at radius 3 is 2.47 bits per heavy atom. The van der Waals surface area contributed by atoms with Gasteiger partial charge >= 0.3 is 0 Å². The second kappa shape index (κ2) is 4.67. The molecule has 1 aromatic heterocycles. The molecule has 4 heteroatoms. The lowest BCUT2D eigenvalue weighted by Gasteiger charge is -2.28. The van der Waals surface area contributed by atoms with Crippen LogP contribution >= 0.6 is 54.8 Å². The summed E-state index contributed by atoms with van der Waals surface area (Å²) in [6, 6.07) is 2.15. The highest BCUT2D eigenvalue weighted by atomic mass is 79.9. The molecule has 2 rings (SSSR count). The van der Waals surface area contributed by atoms with Crippen LogP contribution in [0.3, 0.4) is 0 Å². The molecule has 1 aromatic rings. The Labute approximate surface area is 117 Å². The quantitative estimate of drug-likeness (QED) is 0.548. The van der Waals surface area contributed by atoms with E-state index in [0.717, 1.165) is 8.26 Å². The zero-order chi connectivity index (χ0) is 11.1. The van der Waals surface area contributed by atoms with E-state index in [1.807, 2.05) is 0 Å². The normalized spacial score (nSPS) is 21.9. The van der Waals surface area contributed by atoms with Crippen molar-refractivity contribution in [1.82, 2.24) is 0 Å². The van der Waals surface area contributed by atoms with Crippen molar-refractivity contribution in [2.75, 3.05) is 0 Å². The maximum Gasteiger partial charge on any atom is 0.0843 e. The summed E-state index contributed by atoms with van der Waals surface area (Å²) in [6.07, 6.45) is 5.17. The Kier molecular flexibility index (Phi) is 3.87. The van der Waals surface area contributed by atoms with Crippen LogP contribution in [-0.4, -0.2) is 0 Å². The van der Waals surface area contributed by atoms with Crippen molar-refractivity contribution in [3.05, 3.63) is 19.2 Å². The van der Waals surface area contributed by atoms with E-state index in [2.05, 4.69) is 44.8 Å². The van der Waals surface area contributed by atoms with Gasteiger partial charge in [-0.3, -0.25) is 0 Å². The van der Waals surface area contributed by atoms with Crippen LogP contribution < -0.4 is 0 Å². The Balaban J connectivity index is 2.23. The molecule has 0 aliphatic heterocycles. The summed E-state index contributed by atoms with van der Waals surface area (Å²) in [6.45, 7) is 2.32. The fraction of sp³-hybridized carbons (Fsp3) is 0.636. The van der Waals surface area contributed by atoms with Crippen molar-refractivity contribution in [2.45, 2.75) is 38.0 Å². The van der Waals surface area contributed by atoms with E-state index in [9.17, 15) is 0 Å². The lowest BCUT2D eigenvalue weighted by molar-refractivity contribution is 0.324. The minimum atomic E-state index is 0.160. The SMILES string of the molecule is CC1(C(Cl)c2cc(Br)c(Br)s2)CCCC1. The third-order valence-electron chi connectivity index (χ3n) is 3.27. The van der Waals surface area contributed by atoms with Crippen LogP contribution in [0, 0.1) is 5.41 Å². The van der Waals surface area contributed by atoms with Gasteiger partial charge in [-0.1, -0.05) is 19.8 Å². The average Bonchev–Trinajstić information content (AvgIpc) is 2.75. The molecular weight excluding hydrogens is 359 g/mol. The van der Waals surface area contributed by atoms with Crippen LogP contribution in [0.1, 0.15) is 42.9 Å². The number of alkyl halides is 1. The Bertz CT molecular complexity index is 336. The molecule has 0 amide bonds. The molecule has 0 aromatic carbocycles. The molecule has 0 radical (unpaired) electrons. The van der Waals surface area contributed by atoms with E-state index < -0.39 is 0 Å². The Hall–Kier alpha value is 0.950. The topological polar surface area (TPSA) is 0 Å². The van der Waals surface area contributed by atoms with Crippen molar-refractivity contribution in [1.29, 1.82) is 0 Å². The Morgan fingerprint density at radius 1 is 1.40 bits per heavy atom. The summed E-state index contributed by atoms with van der Waals surface area (Å²) < 4.78 is 2.26. The number of hydrogen-bond acceptors (Lipinski definition) is 1. The predicted molar refractivity (Wildman–Crippen MR) is 74.9 cm³/mol. The fourth-order valence-corrected chi connectivity index (χ4v) is 4.93. The third kappa shape index (κ3) is 2.46. The van der Waals surface area contributed by atoms with Gasteiger partial charge in [-0.25, -0.2) is 0 Å². The second-order valence-corrected chi connectivity index (χ2v) is 8.19. The first-order valence-corrected chi connectivity index (χ1v) is 7.96. The fourth-order valence-electron chi connectivity index (χ4n) is 2.27. The number of rotatable bonds is 2. The summed E-state index contributed by atoms with van der Waals surface area (Å²) in [5.41, 5.74) is 0.297. The van der Waals surface area contributed by atoms with Crippen molar-refractivity contribution in [3.63, 3.8) is 0 Å². The summed E-state index contributed by atoms with van der Waals surface area (Å²) >= 11 is 15.4. The molecule has 1 aliphatic carbocycles. The van der Waals surface area contributed by atoms with Crippen molar-refractivity contribution in [2.24, 2.45) is 5.41 Å². The van der Waals surface area contributed by atoms with Crippen molar-refractivity contribution in [3.8, 4) is 0 Å². The van der Waals surface area contributed by atoms with Crippen LogP contribution in [0.5, 0.6) is 0 Å². The van der Waals surface area contributed by atoms with Crippen LogP contribution in [0.25, 0.3) is 0 Å².